The zero-order valence-corrected chi connectivity index (χ0v) is 26.5. The first-order chi connectivity index (χ1) is 21.7. The molecule has 45 heavy (non-hydrogen) atoms. The molecule has 3 heterocycles. The Kier molecular flexibility index (Phi) is 8.73. The molecule has 3 aromatic carbocycles. The van der Waals surface area contributed by atoms with Crippen molar-refractivity contribution in [3.05, 3.63) is 95.4 Å². The highest BCUT2D eigenvalue weighted by Gasteiger charge is 2.33. The molecule has 1 unspecified atom stereocenters. The number of fused-ring (bicyclic) bond motifs is 8. The quantitative estimate of drug-likeness (QED) is 0.194. The molecule has 5 aromatic rings. The molecule has 0 saturated carbocycles. The van der Waals surface area contributed by atoms with Crippen molar-refractivity contribution in [2.75, 3.05) is 18.1 Å². The van der Waals surface area contributed by atoms with E-state index in [9.17, 15) is 4.79 Å². The van der Waals surface area contributed by atoms with Gasteiger partial charge in [0.05, 0.1) is 5.56 Å². The second-order valence-electron chi connectivity index (χ2n) is 12.7. The minimum Gasteiger partial charge on any atom is -0.486 e. The maximum atomic E-state index is 15.5. The van der Waals surface area contributed by atoms with Crippen LogP contribution in [-0.2, 0) is 16.6 Å². The number of halogens is 2. The summed E-state index contributed by atoms with van der Waals surface area (Å²) in [4.78, 5) is 22.1. The molecule has 2 N–H and O–H groups in total. The number of hydrogen-bond acceptors (Lipinski definition) is 5. The Morgan fingerprint density at radius 1 is 1.07 bits per heavy atom. The number of H-pyrrole nitrogens is 2. The highest BCUT2D eigenvalue weighted by atomic mass is 32.2. The first kappa shape index (κ1) is 30.9. The lowest BCUT2D eigenvalue weighted by atomic mass is 9.74. The highest BCUT2D eigenvalue weighted by molar-refractivity contribution is 7.99. The van der Waals surface area contributed by atoms with Crippen LogP contribution in [0.1, 0.15) is 56.9 Å². The Balaban J connectivity index is 1.44. The van der Waals surface area contributed by atoms with Crippen LogP contribution in [-0.4, -0.2) is 39.4 Å². The number of aryl methyl sites for hydroxylation is 1. The summed E-state index contributed by atoms with van der Waals surface area (Å²) in [5.74, 6) is 2.25. The molecule has 6 rings (SSSR count). The standard InChI is InChI=1S/C36H37F2N3O3S/c1-35(2)12-5-13-36(3,23-6-4-7-24(18-23)43-16-15-42)32-21-40-34(41-32)28-19-25(8-9-29(28)37)44-33-27(11-17-45-22-35)26-10-14-39-31(26)20-30(33)38/h4,6-10,14-15,18-21,39H,5,11-13,16-17,22H2,1-3H3,(H,40,41). The number of nitrogens with zero attached hydrogens (tertiary/aromatic N) is 1. The summed E-state index contributed by atoms with van der Waals surface area (Å²) in [7, 11) is 0. The smallest absolute Gasteiger partial charge is 0.168 e. The Labute approximate surface area is 266 Å². The summed E-state index contributed by atoms with van der Waals surface area (Å²) in [6, 6.07) is 15.5. The van der Waals surface area contributed by atoms with Gasteiger partial charge in [-0.3, -0.25) is 4.79 Å². The van der Waals surface area contributed by atoms with E-state index >= 15 is 8.78 Å². The van der Waals surface area contributed by atoms with Gasteiger partial charge in [-0.2, -0.15) is 11.8 Å². The molecule has 0 spiro atoms. The molecule has 1 atom stereocenters. The third kappa shape index (κ3) is 6.50. The van der Waals surface area contributed by atoms with Crippen LogP contribution in [0, 0.1) is 17.0 Å². The molecule has 0 amide bonds. The normalized spacial score (nSPS) is 18.8. The van der Waals surface area contributed by atoms with Gasteiger partial charge < -0.3 is 19.4 Å². The molecular weight excluding hydrogens is 592 g/mol. The number of aldehydes is 1. The number of imidazole rings is 1. The molecule has 6 nitrogen and oxygen atoms in total. The second kappa shape index (κ2) is 12.7. The minimum atomic E-state index is -0.505. The summed E-state index contributed by atoms with van der Waals surface area (Å²) < 4.78 is 42.7. The molecule has 234 valence electrons. The van der Waals surface area contributed by atoms with Crippen molar-refractivity contribution in [3.8, 4) is 28.6 Å². The average Bonchev–Trinajstić information content (AvgIpc) is 3.70. The van der Waals surface area contributed by atoms with E-state index in [1.54, 1.807) is 18.5 Å². The van der Waals surface area contributed by atoms with Crippen LogP contribution in [0.3, 0.4) is 0 Å². The van der Waals surface area contributed by atoms with E-state index in [1.165, 1.54) is 18.2 Å². The molecule has 0 aliphatic carbocycles. The summed E-state index contributed by atoms with van der Waals surface area (Å²) in [5.41, 5.74) is 3.13. The first-order valence-electron chi connectivity index (χ1n) is 15.2. The molecule has 0 radical (unpaired) electrons. The van der Waals surface area contributed by atoms with Crippen molar-refractivity contribution < 1.29 is 23.0 Å². The van der Waals surface area contributed by atoms with Crippen molar-refractivity contribution in [3.63, 3.8) is 0 Å². The van der Waals surface area contributed by atoms with Gasteiger partial charge in [0.15, 0.2) is 17.9 Å². The molecule has 9 heteroatoms. The van der Waals surface area contributed by atoms with E-state index in [-0.39, 0.29) is 23.3 Å². The largest absolute Gasteiger partial charge is 0.486 e. The minimum absolute atomic E-state index is 0.0254. The van der Waals surface area contributed by atoms with Crippen LogP contribution in [0.5, 0.6) is 17.2 Å². The van der Waals surface area contributed by atoms with E-state index in [4.69, 9.17) is 9.47 Å². The van der Waals surface area contributed by atoms with Crippen molar-refractivity contribution in [2.24, 2.45) is 5.41 Å². The summed E-state index contributed by atoms with van der Waals surface area (Å²) in [6.07, 6.45) is 7.65. The number of aromatic nitrogens is 3. The van der Waals surface area contributed by atoms with E-state index in [0.717, 1.165) is 59.3 Å². The topological polar surface area (TPSA) is 80.0 Å². The first-order valence-corrected chi connectivity index (χ1v) is 16.4. The van der Waals surface area contributed by atoms with Gasteiger partial charge in [0, 0.05) is 46.0 Å². The Morgan fingerprint density at radius 2 is 1.93 bits per heavy atom. The van der Waals surface area contributed by atoms with Crippen molar-refractivity contribution in [1.82, 2.24) is 15.0 Å². The summed E-state index contributed by atoms with van der Waals surface area (Å²) in [5, 5.41) is 0.915. The van der Waals surface area contributed by atoms with Crippen LogP contribution in [0.15, 0.2) is 67.0 Å². The van der Waals surface area contributed by atoms with Gasteiger partial charge in [0.1, 0.15) is 29.7 Å². The molecular formula is C36H37F2N3O3S. The lowest BCUT2D eigenvalue weighted by Gasteiger charge is -2.32. The number of hydrogen-bond donors (Lipinski definition) is 2. The average molecular weight is 630 g/mol. The number of benzene rings is 3. The Morgan fingerprint density at radius 3 is 2.78 bits per heavy atom. The van der Waals surface area contributed by atoms with Crippen LogP contribution in [0.2, 0.25) is 0 Å². The number of carbonyl (C=O) groups is 1. The fourth-order valence-corrected chi connectivity index (χ4v) is 7.39. The van der Waals surface area contributed by atoms with Crippen molar-refractivity contribution >= 4 is 29.0 Å². The third-order valence-electron chi connectivity index (χ3n) is 8.76. The Bertz CT molecular complexity index is 1830. The monoisotopic (exact) mass is 629 g/mol. The highest BCUT2D eigenvalue weighted by Crippen LogP contribution is 2.42. The van der Waals surface area contributed by atoms with Crippen LogP contribution < -0.4 is 9.47 Å². The zero-order valence-electron chi connectivity index (χ0n) is 25.7. The summed E-state index contributed by atoms with van der Waals surface area (Å²) in [6.45, 7) is 6.70. The van der Waals surface area contributed by atoms with Crippen molar-refractivity contribution in [2.45, 2.75) is 51.9 Å². The maximum Gasteiger partial charge on any atom is 0.168 e. The number of nitrogens with one attached hydrogen (secondary N) is 2. The van der Waals surface area contributed by atoms with Crippen LogP contribution >= 0.6 is 11.8 Å². The molecule has 0 saturated heterocycles. The summed E-state index contributed by atoms with van der Waals surface area (Å²) >= 11 is 1.86. The number of aromatic amines is 2. The van der Waals surface area contributed by atoms with Crippen LogP contribution in [0.25, 0.3) is 22.3 Å². The van der Waals surface area contributed by atoms with Crippen molar-refractivity contribution in [1.29, 1.82) is 0 Å². The fourth-order valence-electron chi connectivity index (χ4n) is 6.20. The lowest BCUT2D eigenvalue weighted by molar-refractivity contribution is -0.109. The van der Waals surface area contributed by atoms with Gasteiger partial charge in [-0.05, 0) is 85.1 Å². The van der Waals surface area contributed by atoms with E-state index in [2.05, 4.69) is 35.7 Å². The number of carbonyl (C=O) groups excluding carboxylic acids is 1. The van der Waals surface area contributed by atoms with E-state index < -0.39 is 17.0 Å². The molecule has 1 aliphatic heterocycles. The number of thioether (sulfide) groups is 1. The molecule has 1 aliphatic rings. The maximum absolute atomic E-state index is 15.5. The third-order valence-corrected chi connectivity index (χ3v) is 10.2. The number of ether oxygens (including phenoxy) is 2. The fraction of sp³-hybridized carbons (Fsp3) is 0.333. The van der Waals surface area contributed by atoms with Gasteiger partial charge >= 0.3 is 0 Å². The van der Waals surface area contributed by atoms with Gasteiger partial charge in [-0.15, -0.1) is 0 Å². The van der Waals surface area contributed by atoms with Gasteiger partial charge in [-0.1, -0.05) is 32.4 Å². The molecule has 0 fully saturated rings. The van der Waals surface area contributed by atoms with E-state index in [1.807, 2.05) is 42.1 Å². The molecule has 2 aromatic heterocycles. The Hall–Kier alpha value is -4.11. The lowest BCUT2D eigenvalue weighted by Crippen LogP contribution is -2.26. The molecule has 4 bridgehead atoms. The van der Waals surface area contributed by atoms with E-state index in [0.29, 0.717) is 29.3 Å². The number of rotatable bonds is 4. The zero-order chi connectivity index (χ0) is 31.6. The predicted octanol–water partition coefficient (Wildman–Crippen LogP) is 9.00. The SMILES string of the molecule is CC1(C)CCCC(C)(c2cccc(OCC=O)c2)c2cnc([nH]2)-c2cc(ccc2F)Oc2c(F)cc3[nH]ccc3c2CCSC1. The van der Waals surface area contributed by atoms with Gasteiger partial charge in [-0.25, -0.2) is 13.8 Å². The predicted molar refractivity (Wildman–Crippen MR) is 175 cm³/mol. The van der Waals surface area contributed by atoms with Gasteiger partial charge in [0.25, 0.3) is 0 Å². The van der Waals surface area contributed by atoms with Gasteiger partial charge in [0.2, 0.25) is 0 Å². The second-order valence-corrected chi connectivity index (χ2v) is 13.8. The van der Waals surface area contributed by atoms with Crippen LogP contribution in [0.4, 0.5) is 8.78 Å².